The maximum atomic E-state index is 15.4. The lowest BCUT2D eigenvalue weighted by Gasteiger charge is -2.39. The summed E-state index contributed by atoms with van der Waals surface area (Å²) in [4.78, 5) is 20.8. The molecule has 1 aromatic carbocycles. The average molecular weight is 607 g/mol. The van der Waals surface area contributed by atoms with Crippen LogP contribution in [0.25, 0.3) is 16.8 Å². The molecule has 0 radical (unpaired) electrons. The number of benzene rings is 1. The zero-order valence-electron chi connectivity index (χ0n) is 24.7. The fourth-order valence-electron chi connectivity index (χ4n) is 6.71. The van der Waals surface area contributed by atoms with Crippen molar-refractivity contribution in [2.24, 2.45) is 11.7 Å². The summed E-state index contributed by atoms with van der Waals surface area (Å²) in [5.74, 6) is -0.765. The molecular formula is C32H36F2N6O4. The lowest BCUT2D eigenvalue weighted by Crippen LogP contribution is -2.54. The molecule has 44 heavy (non-hydrogen) atoms. The van der Waals surface area contributed by atoms with Gasteiger partial charge in [-0.2, -0.15) is 5.10 Å². The number of methoxy groups -OCH3 is 1. The van der Waals surface area contributed by atoms with Gasteiger partial charge in [0.15, 0.2) is 0 Å². The Bertz CT molecular complexity index is 1640. The number of hydrogen-bond donors (Lipinski definition) is 3. The molecular weight excluding hydrogens is 570 g/mol. The van der Waals surface area contributed by atoms with E-state index in [0.29, 0.717) is 37.4 Å². The zero-order chi connectivity index (χ0) is 31.0. The van der Waals surface area contributed by atoms with Crippen LogP contribution < -0.4 is 11.1 Å². The number of ether oxygens (including phenoxy) is 2. The van der Waals surface area contributed by atoms with Gasteiger partial charge in [-0.15, -0.1) is 0 Å². The van der Waals surface area contributed by atoms with Gasteiger partial charge in [0, 0.05) is 57.0 Å². The second kappa shape index (κ2) is 12.2. The molecule has 4 heterocycles. The second-order valence-corrected chi connectivity index (χ2v) is 11.9. The van der Waals surface area contributed by atoms with Crippen LogP contribution in [0.4, 0.5) is 13.6 Å². The fourth-order valence-corrected chi connectivity index (χ4v) is 6.71. The van der Waals surface area contributed by atoms with Gasteiger partial charge in [-0.05, 0) is 71.7 Å². The van der Waals surface area contributed by atoms with Crippen molar-refractivity contribution < 1.29 is 28.2 Å². The number of hydrogen-bond acceptors (Lipinski definition) is 8. The highest BCUT2D eigenvalue weighted by atomic mass is 19.1. The second-order valence-electron chi connectivity index (χ2n) is 11.9. The van der Waals surface area contributed by atoms with Crippen LogP contribution in [-0.2, 0) is 21.5 Å². The highest BCUT2D eigenvalue weighted by Crippen LogP contribution is 2.38. The van der Waals surface area contributed by atoms with Gasteiger partial charge < -0.3 is 25.6 Å². The quantitative estimate of drug-likeness (QED) is 0.297. The molecule has 1 aliphatic carbocycles. The molecule has 1 saturated heterocycles. The van der Waals surface area contributed by atoms with Gasteiger partial charge in [0.2, 0.25) is 0 Å². The maximum Gasteiger partial charge on any atom is 0.407 e. The fraction of sp³-hybridized carbons (Fsp3) is 0.438. The average Bonchev–Trinajstić information content (AvgIpc) is 3.41. The molecule has 1 aliphatic heterocycles. The van der Waals surface area contributed by atoms with E-state index in [-0.39, 0.29) is 53.6 Å². The predicted octanol–water partition coefficient (Wildman–Crippen LogP) is 4.22. The van der Waals surface area contributed by atoms with E-state index in [0.717, 1.165) is 17.5 Å². The van der Waals surface area contributed by atoms with Gasteiger partial charge in [0.05, 0.1) is 35.7 Å². The third-order valence-corrected chi connectivity index (χ3v) is 9.10. The van der Waals surface area contributed by atoms with Crippen molar-refractivity contribution >= 4 is 11.6 Å². The Morgan fingerprint density at radius 3 is 2.64 bits per heavy atom. The summed E-state index contributed by atoms with van der Waals surface area (Å²) in [5, 5.41) is 18.4. The Balaban J connectivity index is 1.28. The molecule has 1 amide bonds. The largest absolute Gasteiger partial charge is 0.453 e. The van der Waals surface area contributed by atoms with Crippen molar-refractivity contribution in [2.45, 2.75) is 62.6 Å². The number of amides is 1. The smallest absolute Gasteiger partial charge is 0.407 e. The monoisotopic (exact) mass is 606 g/mol. The van der Waals surface area contributed by atoms with Gasteiger partial charge in [-0.25, -0.2) is 23.1 Å². The van der Waals surface area contributed by atoms with Crippen molar-refractivity contribution in [3.63, 3.8) is 0 Å². The molecule has 6 rings (SSSR count). The van der Waals surface area contributed by atoms with Crippen molar-refractivity contribution in [2.75, 3.05) is 20.3 Å². The number of carbonyl (C=O) groups excluding carboxylic acids is 1. The van der Waals surface area contributed by atoms with Crippen LogP contribution in [0.15, 0.2) is 48.9 Å². The van der Waals surface area contributed by atoms with E-state index in [9.17, 15) is 9.90 Å². The van der Waals surface area contributed by atoms with Crippen LogP contribution in [-0.4, -0.2) is 63.2 Å². The molecule has 0 unspecified atom stereocenters. The summed E-state index contributed by atoms with van der Waals surface area (Å²) in [6.45, 7) is 2.71. The Morgan fingerprint density at radius 2 is 1.93 bits per heavy atom. The highest BCUT2D eigenvalue weighted by Gasteiger charge is 2.36. The summed E-state index contributed by atoms with van der Waals surface area (Å²) >= 11 is 0. The van der Waals surface area contributed by atoms with Gasteiger partial charge >= 0.3 is 6.09 Å². The lowest BCUT2D eigenvalue weighted by atomic mass is 9.72. The van der Waals surface area contributed by atoms with E-state index >= 15 is 8.78 Å². The van der Waals surface area contributed by atoms with Crippen molar-refractivity contribution in [1.82, 2.24) is 24.9 Å². The molecule has 4 atom stereocenters. The molecule has 3 aromatic heterocycles. The number of rotatable bonds is 6. The molecule has 232 valence electrons. The number of nitrogens with two attached hydrogens (primary N) is 1. The predicted molar refractivity (Wildman–Crippen MR) is 158 cm³/mol. The number of fused-ring (bicyclic) bond motifs is 1. The first-order valence-electron chi connectivity index (χ1n) is 14.8. The zero-order valence-corrected chi connectivity index (χ0v) is 24.7. The molecule has 4 aromatic rings. The van der Waals surface area contributed by atoms with E-state index in [4.69, 9.17) is 15.2 Å². The third-order valence-electron chi connectivity index (χ3n) is 9.10. The summed E-state index contributed by atoms with van der Waals surface area (Å²) in [6, 6.07) is 7.19. The highest BCUT2D eigenvalue weighted by molar-refractivity contribution is 5.67. The molecule has 0 spiro atoms. The van der Waals surface area contributed by atoms with E-state index < -0.39 is 23.3 Å². The number of imidazole rings is 1. The number of pyridine rings is 1. The Hall–Kier alpha value is -4.00. The summed E-state index contributed by atoms with van der Waals surface area (Å²) in [5.41, 5.74) is 7.93. The van der Waals surface area contributed by atoms with E-state index in [1.165, 1.54) is 19.2 Å². The van der Waals surface area contributed by atoms with Crippen LogP contribution in [0.3, 0.4) is 0 Å². The minimum absolute atomic E-state index is 0.111. The molecule has 12 heteroatoms. The minimum atomic E-state index is -1.34. The number of nitrogens with one attached hydrogen (secondary N) is 1. The normalized spacial score (nSPS) is 23.4. The molecule has 4 N–H and O–H groups in total. The van der Waals surface area contributed by atoms with Crippen LogP contribution >= 0.6 is 0 Å². The third kappa shape index (κ3) is 5.76. The lowest BCUT2D eigenvalue weighted by molar-refractivity contribution is -0.0682. The number of aromatic nitrogens is 4. The number of nitrogens with zero attached hydrogens (tertiary/aromatic N) is 4. The van der Waals surface area contributed by atoms with Gasteiger partial charge in [-0.1, -0.05) is 6.92 Å². The van der Waals surface area contributed by atoms with Crippen LogP contribution in [0, 0.1) is 17.6 Å². The number of aliphatic hydroxyl groups is 1. The first-order chi connectivity index (χ1) is 21.2. The van der Waals surface area contributed by atoms with E-state index in [2.05, 4.69) is 27.3 Å². The van der Waals surface area contributed by atoms with Crippen molar-refractivity contribution in [3.8, 4) is 11.3 Å². The summed E-state index contributed by atoms with van der Waals surface area (Å²) in [7, 11) is 1.33. The Labute approximate surface area is 253 Å². The first-order valence-corrected chi connectivity index (χ1v) is 14.8. The SMILES string of the molecule is COC(=O)N[C@@H]1[C@H](N)C[C@H](c2ccncc2Cc2ncc3ccc(-c4c(F)cc(C5(O)CCOCC5)cc4F)nn23)C[C@@H]1C. The Kier molecular flexibility index (Phi) is 8.32. The van der Waals surface area contributed by atoms with Gasteiger partial charge in [0.1, 0.15) is 17.5 Å². The molecule has 2 aliphatic rings. The number of alkyl carbamates (subject to hydrolysis) is 1. The summed E-state index contributed by atoms with van der Waals surface area (Å²) in [6.07, 6.45) is 7.11. The number of carbonyl (C=O) groups is 1. The standard InChI is InChI=1S/C32H36F2N6O4/c1-18-11-19(12-26(35)30(18)38-31(41)43-2)23-5-8-36-16-20(23)13-28-37-17-22-3-4-27(39-40(22)28)29-24(33)14-21(15-25(29)34)32(42)6-9-44-10-7-32/h3-5,8,14-19,26,30,42H,6-7,9-13,35H2,1-2H3,(H,38,41)/t18-,19+,26+,30-/m0/s1. The van der Waals surface area contributed by atoms with Gasteiger partial charge in [-0.3, -0.25) is 4.98 Å². The van der Waals surface area contributed by atoms with E-state index in [1.807, 2.05) is 6.07 Å². The first kappa shape index (κ1) is 30.0. The molecule has 0 bridgehead atoms. The van der Waals surface area contributed by atoms with E-state index in [1.54, 1.807) is 35.2 Å². The Morgan fingerprint density at radius 1 is 1.18 bits per heavy atom. The molecule has 2 fully saturated rings. The topological polar surface area (TPSA) is 137 Å². The van der Waals surface area contributed by atoms with Gasteiger partial charge in [0.25, 0.3) is 0 Å². The maximum absolute atomic E-state index is 15.4. The van der Waals surface area contributed by atoms with Crippen LogP contribution in [0.2, 0.25) is 0 Å². The van der Waals surface area contributed by atoms with Crippen LogP contribution in [0.5, 0.6) is 0 Å². The van der Waals surface area contributed by atoms with Crippen molar-refractivity contribution in [3.05, 3.63) is 83.1 Å². The number of halogens is 2. The van der Waals surface area contributed by atoms with Crippen LogP contribution in [0.1, 0.15) is 61.0 Å². The van der Waals surface area contributed by atoms with Crippen molar-refractivity contribution in [1.29, 1.82) is 0 Å². The molecule has 1 saturated carbocycles. The minimum Gasteiger partial charge on any atom is -0.453 e. The molecule has 10 nitrogen and oxygen atoms in total. The summed E-state index contributed by atoms with van der Waals surface area (Å²) < 4.78 is 42.5.